The zero-order valence-electron chi connectivity index (χ0n) is 13.2. The molecule has 2 N–H and O–H groups in total. The molecule has 1 aromatic carbocycles. The van der Waals surface area contributed by atoms with Crippen LogP contribution in [0, 0.1) is 5.92 Å². The molecule has 1 aliphatic rings. The van der Waals surface area contributed by atoms with Crippen LogP contribution in [0.2, 0.25) is 0 Å². The Hall–Kier alpha value is -1.55. The van der Waals surface area contributed by atoms with E-state index in [0.717, 1.165) is 37.2 Å². The van der Waals surface area contributed by atoms with E-state index in [0.29, 0.717) is 0 Å². The number of benzene rings is 1. The van der Waals surface area contributed by atoms with Gasteiger partial charge in [0.25, 0.3) is 0 Å². The molecule has 0 saturated carbocycles. The van der Waals surface area contributed by atoms with Gasteiger partial charge in [-0.3, -0.25) is 4.79 Å². The fourth-order valence-electron chi connectivity index (χ4n) is 2.60. The minimum atomic E-state index is 0.0209. The Bertz CT molecular complexity index is 450. The van der Waals surface area contributed by atoms with E-state index in [1.54, 1.807) is 0 Å². The van der Waals surface area contributed by atoms with Gasteiger partial charge in [-0.05, 0) is 57.9 Å². The highest BCUT2D eigenvalue weighted by Gasteiger charge is 2.22. The Labute approximate surface area is 127 Å². The van der Waals surface area contributed by atoms with Crippen molar-refractivity contribution in [3.63, 3.8) is 0 Å². The van der Waals surface area contributed by atoms with Gasteiger partial charge in [0, 0.05) is 6.54 Å². The largest absolute Gasteiger partial charge is 0.491 e. The summed E-state index contributed by atoms with van der Waals surface area (Å²) in [7, 11) is 0. The summed E-state index contributed by atoms with van der Waals surface area (Å²) >= 11 is 0. The number of amides is 1. The van der Waals surface area contributed by atoms with Crippen LogP contribution in [-0.2, 0) is 4.79 Å². The fourth-order valence-corrected chi connectivity index (χ4v) is 2.60. The van der Waals surface area contributed by atoms with Crippen LogP contribution in [0.3, 0.4) is 0 Å². The second-order valence-corrected chi connectivity index (χ2v) is 6.01. The third-order valence-corrected chi connectivity index (χ3v) is 3.78. The molecule has 1 saturated heterocycles. The van der Waals surface area contributed by atoms with Gasteiger partial charge in [0.05, 0.1) is 18.1 Å². The lowest BCUT2D eigenvalue weighted by molar-refractivity contribution is -0.126. The second kappa shape index (κ2) is 7.46. The van der Waals surface area contributed by atoms with E-state index in [1.165, 1.54) is 0 Å². The van der Waals surface area contributed by atoms with E-state index in [1.807, 2.05) is 45.0 Å². The van der Waals surface area contributed by atoms with E-state index in [2.05, 4.69) is 10.6 Å². The molecule has 1 fully saturated rings. The van der Waals surface area contributed by atoms with E-state index < -0.39 is 0 Å². The second-order valence-electron chi connectivity index (χ2n) is 6.01. The monoisotopic (exact) mass is 290 g/mol. The van der Waals surface area contributed by atoms with Crippen molar-refractivity contribution in [1.29, 1.82) is 0 Å². The van der Waals surface area contributed by atoms with Gasteiger partial charge in [0.15, 0.2) is 0 Å². The summed E-state index contributed by atoms with van der Waals surface area (Å²) in [6.07, 6.45) is 2.23. The minimum Gasteiger partial charge on any atom is -0.491 e. The number of rotatable bonds is 5. The lowest BCUT2D eigenvalue weighted by atomic mass is 9.98. The van der Waals surface area contributed by atoms with Crippen LogP contribution in [0.1, 0.15) is 45.2 Å². The average Bonchev–Trinajstić information content (AvgIpc) is 2.48. The highest BCUT2D eigenvalue weighted by atomic mass is 16.5. The SMILES string of the molecule is CC(C)Oc1ccc(C(C)NC(=O)[C@@H]2CCCNC2)cc1. The first-order chi connectivity index (χ1) is 10.1. The molecule has 4 heteroatoms. The zero-order chi connectivity index (χ0) is 15.2. The summed E-state index contributed by atoms with van der Waals surface area (Å²) in [6, 6.07) is 7.97. The lowest BCUT2D eigenvalue weighted by Crippen LogP contribution is -2.41. The van der Waals surface area contributed by atoms with Crippen LogP contribution < -0.4 is 15.4 Å². The first-order valence-electron chi connectivity index (χ1n) is 7.84. The Balaban J connectivity index is 1.90. The number of carbonyl (C=O) groups is 1. The summed E-state index contributed by atoms with van der Waals surface area (Å²) < 4.78 is 5.63. The van der Waals surface area contributed by atoms with Crippen molar-refractivity contribution in [2.45, 2.75) is 45.8 Å². The third-order valence-electron chi connectivity index (χ3n) is 3.78. The molecular formula is C17H26N2O2. The number of hydrogen-bond acceptors (Lipinski definition) is 3. The van der Waals surface area contributed by atoms with Gasteiger partial charge >= 0.3 is 0 Å². The van der Waals surface area contributed by atoms with E-state index in [4.69, 9.17) is 4.74 Å². The molecule has 1 aromatic rings. The smallest absolute Gasteiger partial charge is 0.224 e. The van der Waals surface area contributed by atoms with Gasteiger partial charge in [-0.2, -0.15) is 0 Å². The predicted octanol–water partition coefficient (Wildman–Crippen LogP) is 2.65. The first-order valence-corrected chi connectivity index (χ1v) is 7.84. The van der Waals surface area contributed by atoms with Crippen LogP contribution in [0.4, 0.5) is 0 Å². The van der Waals surface area contributed by atoms with Crippen LogP contribution in [0.5, 0.6) is 5.75 Å². The summed E-state index contributed by atoms with van der Waals surface area (Å²) in [4.78, 5) is 12.2. The van der Waals surface area contributed by atoms with Gasteiger partial charge in [-0.25, -0.2) is 0 Å². The molecule has 2 atom stereocenters. The number of ether oxygens (including phenoxy) is 1. The highest BCUT2D eigenvalue weighted by Crippen LogP contribution is 2.19. The molecule has 1 unspecified atom stereocenters. The van der Waals surface area contributed by atoms with Gasteiger partial charge in [0.2, 0.25) is 5.91 Å². The first kappa shape index (κ1) is 15.8. The molecule has 0 aromatic heterocycles. The maximum atomic E-state index is 12.2. The Morgan fingerprint density at radius 1 is 1.29 bits per heavy atom. The molecule has 0 radical (unpaired) electrons. The Kier molecular flexibility index (Phi) is 5.62. The molecule has 0 aliphatic carbocycles. The number of carbonyl (C=O) groups excluding carboxylic acids is 1. The van der Waals surface area contributed by atoms with Crippen LogP contribution in [0.25, 0.3) is 0 Å². The van der Waals surface area contributed by atoms with Gasteiger partial charge in [0.1, 0.15) is 5.75 Å². The average molecular weight is 290 g/mol. The number of nitrogens with one attached hydrogen (secondary N) is 2. The number of hydrogen-bond donors (Lipinski definition) is 2. The maximum Gasteiger partial charge on any atom is 0.224 e. The Morgan fingerprint density at radius 3 is 2.57 bits per heavy atom. The number of piperidine rings is 1. The summed E-state index contributed by atoms with van der Waals surface area (Å²) in [5.74, 6) is 1.12. The zero-order valence-corrected chi connectivity index (χ0v) is 13.2. The summed E-state index contributed by atoms with van der Waals surface area (Å²) in [6.45, 7) is 7.85. The van der Waals surface area contributed by atoms with Crippen LogP contribution in [-0.4, -0.2) is 25.1 Å². The third kappa shape index (κ3) is 4.74. The normalized spacial score (nSPS) is 20.1. The molecule has 1 heterocycles. The summed E-state index contributed by atoms with van der Waals surface area (Å²) in [5, 5.41) is 6.38. The Morgan fingerprint density at radius 2 is 2.00 bits per heavy atom. The van der Waals surface area contributed by atoms with Crippen LogP contribution >= 0.6 is 0 Å². The van der Waals surface area contributed by atoms with Crippen LogP contribution in [0.15, 0.2) is 24.3 Å². The highest BCUT2D eigenvalue weighted by molar-refractivity contribution is 5.79. The lowest BCUT2D eigenvalue weighted by Gasteiger charge is -2.24. The molecule has 21 heavy (non-hydrogen) atoms. The molecule has 4 nitrogen and oxygen atoms in total. The van der Waals surface area contributed by atoms with Crippen molar-refractivity contribution in [3.8, 4) is 5.75 Å². The quantitative estimate of drug-likeness (QED) is 0.876. The van der Waals surface area contributed by atoms with Gasteiger partial charge < -0.3 is 15.4 Å². The molecule has 0 spiro atoms. The van der Waals surface area contributed by atoms with Crippen molar-refractivity contribution in [1.82, 2.24) is 10.6 Å². The molecule has 1 aliphatic heterocycles. The van der Waals surface area contributed by atoms with Crippen molar-refractivity contribution in [2.24, 2.45) is 5.92 Å². The van der Waals surface area contributed by atoms with Crippen molar-refractivity contribution in [3.05, 3.63) is 29.8 Å². The molecular weight excluding hydrogens is 264 g/mol. The molecule has 1 amide bonds. The predicted molar refractivity (Wildman–Crippen MR) is 84.4 cm³/mol. The summed E-state index contributed by atoms with van der Waals surface area (Å²) in [5.41, 5.74) is 1.10. The fraction of sp³-hybridized carbons (Fsp3) is 0.588. The topological polar surface area (TPSA) is 50.4 Å². The van der Waals surface area contributed by atoms with Gasteiger partial charge in [-0.15, -0.1) is 0 Å². The van der Waals surface area contributed by atoms with Crippen molar-refractivity contribution in [2.75, 3.05) is 13.1 Å². The standard InChI is InChI=1S/C17H26N2O2/c1-12(2)21-16-8-6-14(7-9-16)13(3)19-17(20)15-5-4-10-18-11-15/h6-9,12-13,15,18H,4-5,10-11H2,1-3H3,(H,19,20)/t13?,15-/m1/s1. The van der Waals surface area contributed by atoms with E-state index in [9.17, 15) is 4.79 Å². The van der Waals surface area contributed by atoms with Crippen molar-refractivity contribution < 1.29 is 9.53 Å². The minimum absolute atomic E-state index is 0.0209. The van der Waals surface area contributed by atoms with E-state index >= 15 is 0 Å². The van der Waals surface area contributed by atoms with Crippen molar-refractivity contribution >= 4 is 5.91 Å². The van der Waals surface area contributed by atoms with Gasteiger partial charge in [-0.1, -0.05) is 12.1 Å². The maximum absolute atomic E-state index is 12.2. The molecule has 0 bridgehead atoms. The van der Waals surface area contributed by atoms with E-state index in [-0.39, 0.29) is 24.0 Å². The molecule has 116 valence electrons. The molecule has 2 rings (SSSR count).